The number of rotatable bonds is 5. The highest BCUT2D eigenvalue weighted by Crippen LogP contribution is 2.20. The number of nitrogens with zero attached hydrogens (tertiary/aromatic N) is 2. The lowest BCUT2D eigenvalue weighted by Crippen LogP contribution is -2.20. The van der Waals surface area contributed by atoms with Gasteiger partial charge in [-0.1, -0.05) is 52.3 Å². The van der Waals surface area contributed by atoms with Crippen molar-refractivity contribution in [1.29, 1.82) is 0 Å². The van der Waals surface area contributed by atoms with Gasteiger partial charge in [-0.05, 0) is 24.3 Å². The van der Waals surface area contributed by atoms with E-state index >= 15 is 0 Å². The highest BCUT2D eigenvalue weighted by molar-refractivity contribution is 9.09. The van der Waals surface area contributed by atoms with Gasteiger partial charge in [-0.15, -0.1) is 0 Å². The third kappa shape index (κ3) is 2.85. The summed E-state index contributed by atoms with van der Waals surface area (Å²) in [6, 6.07) is 20.7. The monoisotopic (exact) mass is 358 g/mol. The van der Waals surface area contributed by atoms with Crippen LogP contribution >= 0.6 is 15.9 Å². The van der Waals surface area contributed by atoms with Crippen LogP contribution in [-0.4, -0.2) is 21.3 Å². The third-order valence-electron chi connectivity index (χ3n) is 3.19. The zero-order chi connectivity index (χ0) is 15.4. The lowest BCUT2D eigenvalue weighted by atomic mass is 10.3. The predicted octanol–water partition coefficient (Wildman–Crippen LogP) is 3.40. The van der Waals surface area contributed by atoms with Crippen molar-refractivity contribution in [2.75, 3.05) is 11.9 Å². The fraction of sp³-hybridized carbons (Fsp3) is 0.118. The van der Waals surface area contributed by atoms with Gasteiger partial charge >= 0.3 is 0 Å². The van der Waals surface area contributed by atoms with Gasteiger partial charge in [0.25, 0.3) is 5.56 Å². The summed E-state index contributed by atoms with van der Waals surface area (Å²) >= 11 is 3.34. The van der Waals surface area contributed by atoms with E-state index < -0.39 is 0 Å². The first kappa shape index (κ1) is 14.7. The Morgan fingerprint density at radius 1 is 0.864 bits per heavy atom. The lowest BCUT2D eigenvalue weighted by Gasteiger charge is -2.15. The van der Waals surface area contributed by atoms with Gasteiger partial charge in [-0.2, -0.15) is 0 Å². The van der Waals surface area contributed by atoms with E-state index in [4.69, 9.17) is 4.74 Å². The Bertz CT molecular complexity index is 795. The number of alkyl halides is 1. The summed E-state index contributed by atoms with van der Waals surface area (Å²) in [7, 11) is 0. The molecule has 22 heavy (non-hydrogen) atoms. The van der Waals surface area contributed by atoms with Gasteiger partial charge in [0.05, 0.1) is 24.0 Å². The van der Waals surface area contributed by atoms with Crippen LogP contribution in [0.15, 0.2) is 71.5 Å². The summed E-state index contributed by atoms with van der Waals surface area (Å²) in [6.45, 7) is 0.491. The molecule has 3 rings (SSSR count). The molecule has 1 heterocycles. The maximum absolute atomic E-state index is 12.4. The molecule has 0 aliphatic rings. The topological polar surface area (TPSA) is 36.2 Å². The molecule has 0 bridgehead atoms. The standard InChI is InChI=1S/C17H15BrN2O2/c18-11-12-22-17-13-16(21)19(14-7-3-1-4-8-14)20(17)15-9-5-2-6-10-15/h1-10,13H,11-12H2. The van der Waals surface area contributed by atoms with Crippen molar-refractivity contribution in [3.8, 4) is 17.3 Å². The summed E-state index contributed by atoms with van der Waals surface area (Å²) in [5, 5.41) is 0.701. The van der Waals surface area contributed by atoms with Gasteiger partial charge in [0.15, 0.2) is 0 Å². The van der Waals surface area contributed by atoms with Crippen molar-refractivity contribution in [2.24, 2.45) is 0 Å². The number of para-hydroxylation sites is 2. The number of halogens is 1. The van der Waals surface area contributed by atoms with Crippen LogP contribution < -0.4 is 10.3 Å². The van der Waals surface area contributed by atoms with Crippen LogP contribution in [0.3, 0.4) is 0 Å². The highest BCUT2D eigenvalue weighted by Gasteiger charge is 2.15. The van der Waals surface area contributed by atoms with Gasteiger partial charge < -0.3 is 4.74 Å². The first-order valence-corrected chi connectivity index (χ1v) is 8.08. The molecule has 3 aromatic rings. The van der Waals surface area contributed by atoms with E-state index in [1.54, 1.807) is 9.36 Å². The third-order valence-corrected chi connectivity index (χ3v) is 3.52. The van der Waals surface area contributed by atoms with Crippen LogP contribution in [0.1, 0.15) is 0 Å². The Morgan fingerprint density at radius 3 is 1.95 bits per heavy atom. The Balaban J connectivity index is 2.21. The first-order chi connectivity index (χ1) is 10.8. The lowest BCUT2D eigenvalue weighted by molar-refractivity contribution is 0.317. The molecule has 0 aliphatic heterocycles. The molecule has 0 aliphatic carbocycles. The summed E-state index contributed by atoms with van der Waals surface area (Å²) < 4.78 is 9.12. The second-order valence-electron chi connectivity index (χ2n) is 4.65. The number of aromatic nitrogens is 2. The molecule has 0 N–H and O–H groups in total. The molecule has 0 fully saturated rings. The van der Waals surface area contributed by atoms with Crippen LogP contribution in [0.2, 0.25) is 0 Å². The van der Waals surface area contributed by atoms with Crippen LogP contribution in [0.4, 0.5) is 0 Å². The highest BCUT2D eigenvalue weighted by atomic mass is 79.9. The Hall–Kier alpha value is -2.27. The number of hydrogen-bond donors (Lipinski definition) is 0. The van der Waals surface area contributed by atoms with Gasteiger partial charge in [0, 0.05) is 5.33 Å². The molecule has 5 heteroatoms. The van der Waals surface area contributed by atoms with E-state index in [2.05, 4.69) is 15.9 Å². The number of benzene rings is 2. The van der Waals surface area contributed by atoms with Crippen LogP contribution in [0, 0.1) is 0 Å². The molecule has 112 valence electrons. The Labute approximate surface area is 136 Å². The van der Waals surface area contributed by atoms with E-state index in [0.717, 1.165) is 11.4 Å². The number of hydrogen-bond acceptors (Lipinski definition) is 2. The molecule has 0 spiro atoms. The Kier molecular flexibility index (Phi) is 4.44. The average molecular weight is 359 g/mol. The molecule has 0 saturated heterocycles. The number of ether oxygens (including phenoxy) is 1. The quantitative estimate of drug-likeness (QED) is 0.655. The first-order valence-electron chi connectivity index (χ1n) is 6.96. The second kappa shape index (κ2) is 6.66. The van der Waals surface area contributed by atoms with Crippen LogP contribution in [0.5, 0.6) is 5.88 Å². The van der Waals surface area contributed by atoms with Gasteiger partial charge in [0.2, 0.25) is 5.88 Å². The zero-order valence-electron chi connectivity index (χ0n) is 11.9. The van der Waals surface area contributed by atoms with E-state index in [0.29, 0.717) is 17.8 Å². The molecule has 0 saturated carbocycles. The molecular formula is C17H15BrN2O2. The van der Waals surface area contributed by atoms with Crippen LogP contribution in [0.25, 0.3) is 11.4 Å². The molecule has 4 nitrogen and oxygen atoms in total. The maximum atomic E-state index is 12.4. The van der Waals surface area contributed by atoms with Gasteiger partial charge in [0.1, 0.15) is 0 Å². The summed E-state index contributed by atoms with van der Waals surface area (Å²) in [6.07, 6.45) is 0. The zero-order valence-corrected chi connectivity index (χ0v) is 13.4. The van der Waals surface area contributed by atoms with Gasteiger partial charge in [-0.3, -0.25) is 4.79 Å². The van der Waals surface area contributed by atoms with Crippen LogP contribution in [-0.2, 0) is 0 Å². The minimum Gasteiger partial charge on any atom is -0.477 e. The maximum Gasteiger partial charge on any atom is 0.275 e. The minimum atomic E-state index is -0.125. The molecule has 0 atom stereocenters. The molecular weight excluding hydrogens is 344 g/mol. The Morgan fingerprint density at radius 2 is 1.41 bits per heavy atom. The fourth-order valence-corrected chi connectivity index (χ4v) is 2.46. The van der Waals surface area contributed by atoms with E-state index in [1.807, 2.05) is 60.7 Å². The van der Waals surface area contributed by atoms with Crippen molar-refractivity contribution >= 4 is 15.9 Å². The van der Waals surface area contributed by atoms with Gasteiger partial charge in [-0.25, -0.2) is 9.36 Å². The molecule has 0 unspecified atom stereocenters. The van der Waals surface area contributed by atoms with Crippen molar-refractivity contribution < 1.29 is 4.74 Å². The summed E-state index contributed by atoms with van der Waals surface area (Å²) in [5.41, 5.74) is 1.54. The molecule has 0 amide bonds. The normalized spacial score (nSPS) is 10.6. The largest absolute Gasteiger partial charge is 0.477 e. The summed E-state index contributed by atoms with van der Waals surface area (Å²) in [4.78, 5) is 12.4. The fourth-order valence-electron chi connectivity index (χ4n) is 2.29. The predicted molar refractivity (Wildman–Crippen MR) is 90.7 cm³/mol. The van der Waals surface area contributed by atoms with Crippen molar-refractivity contribution in [2.45, 2.75) is 0 Å². The SMILES string of the molecule is O=c1cc(OCCBr)n(-c2ccccc2)n1-c1ccccc1. The molecule has 0 radical (unpaired) electrons. The van der Waals surface area contributed by atoms with E-state index in [-0.39, 0.29) is 5.56 Å². The second-order valence-corrected chi connectivity index (χ2v) is 5.45. The van der Waals surface area contributed by atoms with E-state index in [1.165, 1.54) is 6.07 Å². The van der Waals surface area contributed by atoms with E-state index in [9.17, 15) is 4.79 Å². The average Bonchev–Trinajstić information content (AvgIpc) is 2.91. The van der Waals surface area contributed by atoms with Crippen molar-refractivity contribution in [3.63, 3.8) is 0 Å². The molecule has 2 aromatic carbocycles. The van der Waals surface area contributed by atoms with Crippen molar-refractivity contribution in [3.05, 3.63) is 77.1 Å². The smallest absolute Gasteiger partial charge is 0.275 e. The summed E-state index contributed by atoms with van der Waals surface area (Å²) in [5.74, 6) is 0.527. The molecule has 1 aromatic heterocycles. The van der Waals surface area contributed by atoms with Crippen molar-refractivity contribution in [1.82, 2.24) is 9.36 Å². The minimum absolute atomic E-state index is 0.125.